The molecule has 1 N–H and O–H groups in total. The van der Waals surface area contributed by atoms with Crippen LogP contribution in [0.1, 0.15) is 51.7 Å². The minimum Gasteiger partial charge on any atom is -0.492 e. The van der Waals surface area contributed by atoms with E-state index in [0.717, 1.165) is 25.3 Å². The summed E-state index contributed by atoms with van der Waals surface area (Å²) in [5.74, 6) is 2.10. The first-order chi connectivity index (χ1) is 13.7. The Kier molecular flexibility index (Phi) is 5.41. The van der Waals surface area contributed by atoms with Crippen LogP contribution in [-0.4, -0.2) is 50.7 Å². The SMILES string of the molecule is CC(=O)N[C@H]1C(C)(C)[C@@H]2C[C@@H]3[C@@H](c4ccc(OCCN(C)C)cc4)OCCC31C2. The van der Waals surface area contributed by atoms with Gasteiger partial charge < -0.3 is 19.7 Å². The van der Waals surface area contributed by atoms with E-state index in [1.807, 2.05) is 14.1 Å². The van der Waals surface area contributed by atoms with E-state index in [2.05, 4.69) is 48.3 Å². The summed E-state index contributed by atoms with van der Waals surface area (Å²) in [5.41, 5.74) is 1.54. The minimum absolute atomic E-state index is 0.0889. The zero-order valence-electron chi connectivity index (χ0n) is 18.5. The number of amides is 1. The molecule has 1 saturated heterocycles. The number of rotatable bonds is 6. The number of benzene rings is 1. The Morgan fingerprint density at radius 1 is 1.28 bits per heavy atom. The molecule has 29 heavy (non-hydrogen) atoms. The molecule has 3 aliphatic rings. The first kappa shape index (κ1) is 20.7. The average molecular weight is 401 g/mol. The lowest BCUT2D eigenvalue weighted by Gasteiger charge is -2.53. The lowest BCUT2D eigenvalue weighted by molar-refractivity contribution is -0.136. The normalized spacial score (nSPS) is 34.8. The van der Waals surface area contributed by atoms with E-state index < -0.39 is 0 Å². The van der Waals surface area contributed by atoms with Gasteiger partial charge >= 0.3 is 0 Å². The molecule has 0 aromatic heterocycles. The van der Waals surface area contributed by atoms with Crippen LogP contribution in [0.4, 0.5) is 0 Å². The summed E-state index contributed by atoms with van der Waals surface area (Å²) in [6, 6.07) is 8.70. The molecule has 1 aliphatic heterocycles. The third-order valence-corrected chi connectivity index (χ3v) is 7.87. The van der Waals surface area contributed by atoms with Crippen LogP contribution in [0.15, 0.2) is 24.3 Å². The number of nitrogens with zero attached hydrogens (tertiary/aromatic N) is 1. The number of carbonyl (C=O) groups is 1. The van der Waals surface area contributed by atoms with Crippen molar-refractivity contribution in [1.82, 2.24) is 10.2 Å². The Balaban J connectivity index is 1.53. The van der Waals surface area contributed by atoms with Crippen LogP contribution in [-0.2, 0) is 9.53 Å². The molecule has 2 aliphatic carbocycles. The van der Waals surface area contributed by atoms with E-state index in [4.69, 9.17) is 9.47 Å². The number of likely N-dealkylation sites (N-methyl/N-ethyl adjacent to an activating group) is 1. The topological polar surface area (TPSA) is 50.8 Å². The van der Waals surface area contributed by atoms with Gasteiger partial charge in [-0.15, -0.1) is 0 Å². The highest BCUT2D eigenvalue weighted by atomic mass is 16.5. The fourth-order valence-electron chi connectivity index (χ4n) is 6.42. The lowest BCUT2D eigenvalue weighted by Crippen LogP contribution is -2.58. The average Bonchev–Trinajstić information content (AvgIpc) is 3.14. The predicted octanol–water partition coefficient (Wildman–Crippen LogP) is 3.65. The zero-order valence-corrected chi connectivity index (χ0v) is 18.5. The first-order valence-corrected chi connectivity index (χ1v) is 11.0. The molecule has 3 fully saturated rings. The second-order valence-electron chi connectivity index (χ2n) is 10.2. The van der Waals surface area contributed by atoms with Crippen molar-refractivity contribution in [3.63, 3.8) is 0 Å². The van der Waals surface area contributed by atoms with Crippen molar-refractivity contribution in [2.45, 2.75) is 52.2 Å². The van der Waals surface area contributed by atoms with Crippen molar-refractivity contribution in [2.75, 3.05) is 33.9 Å². The first-order valence-electron chi connectivity index (χ1n) is 11.0. The highest BCUT2D eigenvalue weighted by molar-refractivity contribution is 5.73. The van der Waals surface area contributed by atoms with E-state index >= 15 is 0 Å². The molecule has 160 valence electrons. The van der Waals surface area contributed by atoms with Crippen LogP contribution in [0.5, 0.6) is 5.75 Å². The van der Waals surface area contributed by atoms with Crippen LogP contribution in [0.2, 0.25) is 0 Å². The molecule has 1 spiro atoms. The maximum absolute atomic E-state index is 12.0. The van der Waals surface area contributed by atoms with Crippen molar-refractivity contribution in [3.8, 4) is 5.75 Å². The van der Waals surface area contributed by atoms with Crippen LogP contribution >= 0.6 is 0 Å². The van der Waals surface area contributed by atoms with Gasteiger partial charge in [0.1, 0.15) is 12.4 Å². The molecule has 4 rings (SSSR count). The molecule has 5 nitrogen and oxygen atoms in total. The number of hydrogen-bond donors (Lipinski definition) is 1. The summed E-state index contributed by atoms with van der Waals surface area (Å²) in [7, 11) is 4.10. The zero-order chi connectivity index (χ0) is 20.8. The van der Waals surface area contributed by atoms with Gasteiger partial charge in [-0.25, -0.2) is 0 Å². The number of fused-ring (bicyclic) bond motifs is 1. The molecule has 1 amide bonds. The van der Waals surface area contributed by atoms with E-state index in [1.165, 1.54) is 18.4 Å². The molecule has 1 aromatic carbocycles. The van der Waals surface area contributed by atoms with Gasteiger partial charge in [-0.1, -0.05) is 26.0 Å². The van der Waals surface area contributed by atoms with Crippen molar-refractivity contribution in [3.05, 3.63) is 29.8 Å². The second kappa shape index (κ2) is 7.59. The van der Waals surface area contributed by atoms with Crippen molar-refractivity contribution in [1.29, 1.82) is 0 Å². The van der Waals surface area contributed by atoms with Gasteiger partial charge in [0, 0.05) is 26.1 Å². The van der Waals surface area contributed by atoms with Gasteiger partial charge in [-0.2, -0.15) is 0 Å². The van der Waals surface area contributed by atoms with Gasteiger partial charge in [0.05, 0.1) is 6.10 Å². The van der Waals surface area contributed by atoms with Crippen LogP contribution in [0, 0.1) is 22.7 Å². The summed E-state index contributed by atoms with van der Waals surface area (Å²) in [5, 5.41) is 3.35. The molecule has 0 radical (unpaired) electrons. The highest BCUT2D eigenvalue weighted by Crippen LogP contribution is 2.70. The molecular formula is C24H36N2O3. The molecular weight excluding hydrogens is 364 g/mol. The van der Waals surface area contributed by atoms with Crippen LogP contribution in [0.3, 0.4) is 0 Å². The van der Waals surface area contributed by atoms with Gasteiger partial charge in [-0.3, -0.25) is 4.79 Å². The van der Waals surface area contributed by atoms with Crippen molar-refractivity contribution >= 4 is 5.91 Å². The maximum atomic E-state index is 12.0. The molecule has 1 unspecified atom stereocenters. The molecule has 2 saturated carbocycles. The smallest absolute Gasteiger partial charge is 0.217 e. The van der Waals surface area contributed by atoms with Crippen molar-refractivity contribution < 1.29 is 14.3 Å². The number of hydrogen-bond acceptors (Lipinski definition) is 4. The third-order valence-electron chi connectivity index (χ3n) is 7.87. The molecule has 5 heteroatoms. The largest absolute Gasteiger partial charge is 0.492 e. The van der Waals surface area contributed by atoms with E-state index in [9.17, 15) is 4.79 Å². The standard InChI is InChI=1S/C24H36N2O3/c1-16(27)25-22-23(2,3)18-14-20-21(29-12-10-24(20,22)15-18)17-6-8-19(9-7-17)28-13-11-26(4)5/h6-9,18,20-22H,10-15H2,1-5H3,(H,25,27)/t18-,20-,21-,22+,24?/m1/s1. The van der Waals surface area contributed by atoms with Crippen LogP contribution in [0.25, 0.3) is 0 Å². The molecule has 1 aromatic rings. The van der Waals surface area contributed by atoms with Gasteiger partial charge in [0.2, 0.25) is 5.91 Å². The third kappa shape index (κ3) is 3.57. The molecule has 5 atom stereocenters. The van der Waals surface area contributed by atoms with Crippen molar-refractivity contribution in [2.24, 2.45) is 22.7 Å². The summed E-state index contributed by atoms with van der Waals surface area (Å²) in [6.45, 7) is 8.69. The summed E-state index contributed by atoms with van der Waals surface area (Å²) >= 11 is 0. The maximum Gasteiger partial charge on any atom is 0.217 e. The Morgan fingerprint density at radius 2 is 2.00 bits per heavy atom. The highest BCUT2D eigenvalue weighted by Gasteiger charge is 2.68. The summed E-state index contributed by atoms with van der Waals surface area (Å²) in [6.07, 6.45) is 3.55. The number of nitrogens with one attached hydrogen (secondary N) is 1. The van der Waals surface area contributed by atoms with Crippen LogP contribution < -0.4 is 10.1 Å². The van der Waals surface area contributed by atoms with E-state index in [1.54, 1.807) is 6.92 Å². The van der Waals surface area contributed by atoms with Gasteiger partial charge in [0.25, 0.3) is 0 Å². The fourth-order valence-corrected chi connectivity index (χ4v) is 6.42. The van der Waals surface area contributed by atoms with Gasteiger partial charge in [-0.05, 0) is 73.7 Å². The Hall–Kier alpha value is -1.59. The Labute approximate surface area is 175 Å². The minimum atomic E-state index is 0.0889. The molecule has 1 heterocycles. The van der Waals surface area contributed by atoms with Gasteiger partial charge in [0.15, 0.2) is 0 Å². The Morgan fingerprint density at radius 3 is 2.66 bits per heavy atom. The quantitative estimate of drug-likeness (QED) is 0.792. The predicted molar refractivity (Wildman–Crippen MR) is 114 cm³/mol. The molecule has 2 bridgehead atoms. The van der Waals surface area contributed by atoms with E-state index in [0.29, 0.717) is 18.4 Å². The fraction of sp³-hybridized carbons (Fsp3) is 0.708. The lowest BCUT2D eigenvalue weighted by atomic mass is 9.59. The van der Waals surface area contributed by atoms with E-state index in [-0.39, 0.29) is 28.9 Å². The second-order valence-corrected chi connectivity index (χ2v) is 10.2. The summed E-state index contributed by atoms with van der Waals surface area (Å²) < 4.78 is 12.2. The summed E-state index contributed by atoms with van der Waals surface area (Å²) in [4.78, 5) is 14.1. The monoisotopic (exact) mass is 400 g/mol. The number of ether oxygens (including phenoxy) is 2. The number of carbonyl (C=O) groups excluding carboxylic acids is 1. The Bertz CT molecular complexity index is 745.